The van der Waals surface area contributed by atoms with Crippen LogP contribution in [0, 0.1) is 0 Å². The summed E-state index contributed by atoms with van der Waals surface area (Å²) in [6.45, 7) is 5.80. The Morgan fingerprint density at radius 2 is 1.93 bits per heavy atom. The van der Waals surface area contributed by atoms with Crippen molar-refractivity contribution >= 4 is 5.91 Å². The fourth-order valence-corrected chi connectivity index (χ4v) is 4.22. The highest BCUT2D eigenvalue weighted by Gasteiger charge is 2.17. The molecule has 0 aliphatic carbocycles. The third-order valence-corrected chi connectivity index (χ3v) is 5.86. The SMILES string of the molecule is O=C(NCCN1CCc2ccccc2C1)c1ccc(C2CCCNC2)cc1. The van der Waals surface area contributed by atoms with E-state index in [9.17, 15) is 4.79 Å². The minimum absolute atomic E-state index is 0.0285. The molecule has 0 aromatic heterocycles. The lowest BCUT2D eigenvalue weighted by molar-refractivity contribution is 0.0947. The molecule has 0 spiro atoms. The summed E-state index contributed by atoms with van der Waals surface area (Å²) in [5.41, 5.74) is 4.98. The molecule has 27 heavy (non-hydrogen) atoms. The van der Waals surface area contributed by atoms with Crippen molar-refractivity contribution in [2.45, 2.75) is 31.7 Å². The lowest BCUT2D eigenvalue weighted by Crippen LogP contribution is -2.37. The van der Waals surface area contributed by atoms with Gasteiger partial charge in [-0.25, -0.2) is 0 Å². The zero-order valence-electron chi connectivity index (χ0n) is 15.9. The second-order valence-corrected chi connectivity index (χ2v) is 7.72. The van der Waals surface area contributed by atoms with Gasteiger partial charge in [-0.05, 0) is 60.5 Å². The summed E-state index contributed by atoms with van der Waals surface area (Å²) >= 11 is 0. The first-order valence-corrected chi connectivity index (χ1v) is 10.2. The summed E-state index contributed by atoms with van der Waals surface area (Å²) in [5, 5.41) is 6.53. The van der Waals surface area contributed by atoms with Crippen molar-refractivity contribution < 1.29 is 4.79 Å². The molecule has 1 fully saturated rings. The number of hydrogen-bond acceptors (Lipinski definition) is 3. The summed E-state index contributed by atoms with van der Waals surface area (Å²) in [7, 11) is 0. The molecule has 1 amide bonds. The van der Waals surface area contributed by atoms with E-state index in [-0.39, 0.29) is 5.91 Å². The molecular weight excluding hydrogens is 334 g/mol. The van der Waals surface area contributed by atoms with E-state index in [4.69, 9.17) is 0 Å². The van der Waals surface area contributed by atoms with Gasteiger partial charge in [0.2, 0.25) is 0 Å². The molecule has 2 aliphatic heterocycles. The van der Waals surface area contributed by atoms with Crippen LogP contribution in [0.15, 0.2) is 48.5 Å². The van der Waals surface area contributed by atoms with Crippen LogP contribution in [0.3, 0.4) is 0 Å². The van der Waals surface area contributed by atoms with Crippen LogP contribution in [0.25, 0.3) is 0 Å². The number of carbonyl (C=O) groups excluding carboxylic acids is 1. The summed E-state index contributed by atoms with van der Waals surface area (Å²) in [4.78, 5) is 14.8. The standard InChI is InChI=1S/C23H29N3O/c27-23(20-9-7-19(8-10-20)21-6-3-12-24-16-21)25-13-15-26-14-11-18-4-1-2-5-22(18)17-26/h1-2,4-5,7-10,21,24H,3,6,11-17H2,(H,25,27). The molecule has 1 unspecified atom stereocenters. The van der Waals surface area contributed by atoms with Crippen LogP contribution in [0.4, 0.5) is 0 Å². The van der Waals surface area contributed by atoms with Crippen LogP contribution in [0.5, 0.6) is 0 Å². The fraction of sp³-hybridized carbons (Fsp3) is 0.435. The van der Waals surface area contributed by atoms with Crippen molar-refractivity contribution in [1.29, 1.82) is 0 Å². The molecule has 4 rings (SSSR count). The number of carbonyl (C=O) groups is 1. The number of benzene rings is 2. The number of amides is 1. The Balaban J connectivity index is 1.25. The zero-order valence-corrected chi connectivity index (χ0v) is 15.9. The summed E-state index contributed by atoms with van der Waals surface area (Å²) < 4.78 is 0. The Morgan fingerprint density at radius 3 is 2.70 bits per heavy atom. The summed E-state index contributed by atoms with van der Waals surface area (Å²) in [6.07, 6.45) is 3.56. The number of nitrogens with zero attached hydrogens (tertiary/aromatic N) is 1. The minimum atomic E-state index is 0.0285. The molecule has 2 heterocycles. The molecule has 0 radical (unpaired) electrons. The Hall–Kier alpha value is -2.17. The summed E-state index contributed by atoms with van der Waals surface area (Å²) in [6, 6.07) is 16.8. The maximum atomic E-state index is 12.4. The topological polar surface area (TPSA) is 44.4 Å². The maximum Gasteiger partial charge on any atom is 0.251 e. The highest BCUT2D eigenvalue weighted by atomic mass is 16.1. The Kier molecular flexibility index (Phi) is 5.85. The molecule has 4 heteroatoms. The van der Waals surface area contributed by atoms with Gasteiger partial charge in [-0.1, -0.05) is 36.4 Å². The molecule has 1 atom stereocenters. The predicted octanol–water partition coefficient (Wildman–Crippen LogP) is 2.94. The van der Waals surface area contributed by atoms with Crippen molar-refractivity contribution in [3.8, 4) is 0 Å². The van der Waals surface area contributed by atoms with Gasteiger partial charge in [-0.2, -0.15) is 0 Å². The van der Waals surface area contributed by atoms with Crippen LogP contribution in [0.2, 0.25) is 0 Å². The lowest BCUT2D eigenvalue weighted by Gasteiger charge is -2.28. The van der Waals surface area contributed by atoms with E-state index < -0.39 is 0 Å². The van der Waals surface area contributed by atoms with Gasteiger partial charge in [-0.3, -0.25) is 9.69 Å². The molecular formula is C23H29N3O. The van der Waals surface area contributed by atoms with Crippen molar-refractivity contribution in [1.82, 2.24) is 15.5 Å². The smallest absolute Gasteiger partial charge is 0.251 e. The second kappa shape index (κ2) is 8.68. The zero-order chi connectivity index (χ0) is 18.5. The molecule has 2 aromatic rings. The normalized spacial score (nSPS) is 20.1. The van der Waals surface area contributed by atoms with Crippen LogP contribution < -0.4 is 10.6 Å². The van der Waals surface area contributed by atoms with E-state index in [1.165, 1.54) is 29.5 Å². The summed E-state index contributed by atoms with van der Waals surface area (Å²) in [5.74, 6) is 0.610. The highest BCUT2D eigenvalue weighted by molar-refractivity contribution is 5.94. The van der Waals surface area contributed by atoms with E-state index in [1.807, 2.05) is 12.1 Å². The maximum absolute atomic E-state index is 12.4. The van der Waals surface area contributed by atoms with E-state index in [2.05, 4.69) is 51.9 Å². The van der Waals surface area contributed by atoms with Crippen molar-refractivity contribution in [2.24, 2.45) is 0 Å². The average molecular weight is 364 g/mol. The molecule has 0 saturated carbocycles. The first kappa shape index (κ1) is 18.2. The molecule has 142 valence electrons. The van der Waals surface area contributed by atoms with E-state index in [0.717, 1.165) is 44.7 Å². The number of piperidine rings is 1. The monoisotopic (exact) mass is 363 g/mol. The van der Waals surface area contributed by atoms with Gasteiger partial charge in [0, 0.05) is 38.3 Å². The van der Waals surface area contributed by atoms with E-state index >= 15 is 0 Å². The van der Waals surface area contributed by atoms with Crippen LogP contribution in [-0.2, 0) is 13.0 Å². The molecule has 2 aromatic carbocycles. The quantitative estimate of drug-likeness (QED) is 0.858. The van der Waals surface area contributed by atoms with Crippen LogP contribution in [0.1, 0.15) is 45.8 Å². The van der Waals surface area contributed by atoms with Gasteiger partial charge in [0.05, 0.1) is 0 Å². The predicted molar refractivity (Wildman–Crippen MR) is 109 cm³/mol. The van der Waals surface area contributed by atoms with Gasteiger partial charge >= 0.3 is 0 Å². The third-order valence-electron chi connectivity index (χ3n) is 5.86. The second-order valence-electron chi connectivity index (χ2n) is 7.72. The fourth-order valence-electron chi connectivity index (χ4n) is 4.22. The van der Waals surface area contributed by atoms with Crippen molar-refractivity contribution in [3.05, 3.63) is 70.8 Å². The number of hydrogen-bond donors (Lipinski definition) is 2. The first-order valence-electron chi connectivity index (χ1n) is 10.2. The lowest BCUT2D eigenvalue weighted by atomic mass is 9.91. The number of fused-ring (bicyclic) bond motifs is 1. The molecule has 0 bridgehead atoms. The van der Waals surface area contributed by atoms with Crippen LogP contribution in [-0.4, -0.2) is 43.5 Å². The Labute approximate surface area is 162 Å². The van der Waals surface area contributed by atoms with Gasteiger partial charge in [0.1, 0.15) is 0 Å². The number of nitrogens with one attached hydrogen (secondary N) is 2. The minimum Gasteiger partial charge on any atom is -0.351 e. The molecule has 1 saturated heterocycles. The Bertz CT molecular complexity index is 765. The van der Waals surface area contributed by atoms with Gasteiger partial charge < -0.3 is 10.6 Å². The van der Waals surface area contributed by atoms with E-state index in [0.29, 0.717) is 12.5 Å². The number of rotatable bonds is 5. The largest absolute Gasteiger partial charge is 0.351 e. The van der Waals surface area contributed by atoms with Crippen molar-refractivity contribution in [2.75, 3.05) is 32.7 Å². The van der Waals surface area contributed by atoms with Gasteiger partial charge in [0.15, 0.2) is 0 Å². The highest BCUT2D eigenvalue weighted by Crippen LogP contribution is 2.23. The van der Waals surface area contributed by atoms with Crippen molar-refractivity contribution in [3.63, 3.8) is 0 Å². The molecule has 4 nitrogen and oxygen atoms in total. The van der Waals surface area contributed by atoms with Gasteiger partial charge in [-0.15, -0.1) is 0 Å². The third kappa shape index (κ3) is 4.57. The Morgan fingerprint density at radius 1 is 1.11 bits per heavy atom. The first-order chi connectivity index (χ1) is 13.3. The molecule has 2 N–H and O–H groups in total. The van der Waals surface area contributed by atoms with E-state index in [1.54, 1.807) is 0 Å². The average Bonchev–Trinajstić information content (AvgIpc) is 2.74. The van der Waals surface area contributed by atoms with Crippen LogP contribution >= 0.6 is 0 Å². The van der Waals surface area contributed by atoms with Gasteiger partial charge in [0.25, 0.3) is 5.91 Å². The molecule has 2 aliphatic rings.